The van der Waals surface area contributed by atoms with E-state index in [-0.39, 0.29) is 0 Å². The number of hydrogen-bond acceptors (Lipinski definition) is 4. The first kappa shape index (κ1) is 12.5. The minimum Gasteiger partial charge on any atom is -0.479 e. The fourth-order valence-electron chi connectivity index (χ4n) is 0.673. The summed E-state index contributed by atoms with van der Waals surface area (Å²) in [6.45, 7) is 0. The quantitative estimate of drug-likeness (QED) is 0.424. The Kier molecular flexibility index (Phi) is 6.66. The number of hydrogen-bond donors (Lipinski definition) is 3. The zero-order valence-corrected chi connectivity index (χ0v) is 8.20. The van der Waals surface area contributed by atoms with Gasteiger partial charge < -0.3 is 15.3 Å². The highest BCUT2D eigenvalue weighted by molar-refractivity contribution is 7.98. The van der Waals surface area contributed by atoms with E-state index in [1.807, 2.05) is 6.26 Å². The zero-order valence-electron chi connectivity index (χ0n) is 7.38. The maximum Gasteiger partial charge on any atom is 0.335 e. The summed E-state index contributed by atoms with van der Waals surface area (Å²) in [5.74, 6) is -0.506. The Bertz CT molecular complexity index is 181. The van der Waals surface area contributed by atoms with Crippen LogP contribution >= 0.6 is 11.8 Å². The van der Waals surface area contributed by atoms with Gasteiger partial charge in [-0.15, -0.1) is 0 Å². The molecule has 0 aliphatic carbocycles. The summed E-state index contributed by atoms with van der Waals surface area (Å²) in [7, 11) is 0. The molecule has 0 aliphatic heterocycles. The van der Waals surface area contributed by atoms with Crippen LogP contribution in [-0.4, -0.2) is 45.5 Å². The maximum atomic E-state index is 10.2. The fraction of sp³-hybridized carbons (Fsp3) is 0.625. The number of carboxylic acids is 1. The highest BCUT2D eigenvalue weighted by atomic mass is 32.2. The lowest BCUT2D eigenvalue weighted by Crippen LogP contribution is -2.32. The van der Waals surface area contributed by atoms with Gasteiger partial charge in [0.25, 0.3) is 0 Å². The molecule has 0 fully saturated rings. The Morgan fingerprint density at radius 1 is 1.54 bits per heavy atom. The van der Waals surface area contributed by atoms with Crippen molar-refractivity contribution in [2.24, 2.45) is 0 Å². The Labute approximate surface area is 81.3 Å². The summed E-state index contributed by atoms with van der Waals surface area (Å²) < 4.78 is 0. The van der Waals surface area contributed by atoms with Gasteiger partial charge in [-0.25, -0.2) is 4.79 Å². The van der Waals surface area contributed by atoms with E-state index in [4.69, 9.17) is 15.3 Å². The van der Waals surface area contributed by atoms with Crippen molar-refractivity contribution in [2.75, 3.05) is 12.0 Å². The Hall–Kier alpha value is -0.520. The van der Waals surface area contributed by atoms with E-state index in [0.717, 1.165) is 12.2 Å². The first-order chi connectivity index (χ1) is 6.09. The molecule has 0 spiro atoms. The smallest absolute Gasteiger partial charge is 0.335 e. The van der Waals surface area contributed by atoms with Gasteiger partial charge in [0.05, 0.1) is 0 Å². The van der Waals surface area contributed by atoms with Crippen LogP contribution in [0.3, 0.4) is 0 Å². The monoisotopic (exact) mass is 206 g/mol. The van der Waals surface area contributed by atoms with E-state index in [1.165, 1.54) is 6.08 Å². The molecule has 0 amide bonds. The molecule has 2 atom stereocenters. The minimum absolute atomic E-state index is 0.755. The van der Waals surface area contributed by atoms with Crippen LogP contribution in [0.4, 0.5) is 0 Å². The van der Waals surface area contributed by atoms with Crippen molar-refractivity contribution in [3.8, 4) is 0 Å². The van der Waals surface area contributed by atoms with Gasteiger partial charge in [-0.3, -0.25) is 0 Å². The second kappa shape index (κ2) is 6.94. The van der Waals surface area contributed by atoms with Gasteiger partial charge in [0.2, 0.25) is 0 Å². The summed E-state index contributed by atoms with van der Waals surface area (Å²) in [4.78, 5) is 10.2. The molecule has 0 saturated carbocycles. The predicted octanol–water partition coefficient (Wildman–Crippen LogP) is 0.102. The summed E-state index contributed by atoms with van der Waals surface area (Å²) in [5, 5.41) is 26.2. The Morgan fingerprint density at radius 2 is 2.15 bits per heavy atom. The number of thioether (sulfide) groups is 1. The van der Waals surface area contributed by atoms with Crippen molar-refractivity contribution >= 4 is 17.7 Å². The van der Waals surface area contributed by atoms with E-state index >= 15 is 0 Å². The van der Waals surface area contributed by atoms with Gasteiger partial charge in [0.1, 0.15) is 6.10 Å². The SMILES string of the molecule is CSCC/C=C/[C@@H](O)[C@@H](O)C(=O)O. The number of carbonyl (C=O) groups is 1. The lowest BCUT2D eigenvalue weighted by molar-refractivity contribution is -0.150. The molecule has 0 aromatic carbocycles. The summed E-state index contributed by atoms with van der Waals surface area (Å²) in [5.41, 5.74) is 0. The predicted molar refractivity (Wildman–Crippen MR) is 51.8 cm³/mol. The second-order valence-electron chi connectivity index (χ2n) is 2.48. The van der Waals surface area contributed by atoms with Gasteiger partial charge in [-0.05, 0) is 18.4 Å². The number of aliphatic hydroxyl groups excluding tert-OH is 2. The molecular weight excluding hydrogens is 192 g/mol. The molecule has 0 radical (unpaired) electrons. The number of rotatable bonds is 6. The third-order valence-corrected chi connectivity index (χ3v) is 2.04. The molecule has 76 valence electrons. The first-order valence-electron chi connectivity index (χ1n) is 3.84. The van der Waals surface area contributed by atoms with Crippen LogP contribution < -0.4 is 0 Å². The first-order valence-corrected chi connectivity index (χ1v) is 5.23. The van der Waals surface area contributed by atoms with Gasteiger partial charge >= 0.3 is 5.97 Å². The van der Waals surface area contributed by atoms with Crippen LogP contribution in [0.5, 0.6) is 0 Å². The summed E-state index contributed by atoms with van der Waals surface area (Å²) in [6.07, 6.45) is 2.62. The van der Waals surface area contributed by atoms with Crippen molar-refractivity contribution in [1.82, 2.24) is 0 Å². The molecule has 0 aliphatic rings. The number of carboxylic acid groups (broad SMARTS) is 1. The van der Waals surface area contributed by atoms with Gasteiger partial charge in [0, 0.05) is 0 Å². The van der Waals surface area contributed by atoms with E-state index in [9.17, 15) is 4.79 Å². The number of aliphatic hydroxyl groups is 2. The molecule has 0 unspecified atom stereocenters. The topological polar surface area (TPSA) is 77.8 Å². The molecule has 5 heteroatoms. The molecule has 13 heavy (non-hydrogen) atoms. The Balaban J connectivity index is 3.77. The van der Waals surface area contributed by atoms with Crippen LogP contribution in [0, 0.1) is 0 Å². The molecule has 0 aromatic heterocycles. The lowest BCUT2D eigenvalue weighted by atomic mass is 10.2. The van der Waals surface area contributed by atoms with Crippen molar-refractivity contribution in [2.45, 2.75) is 18.6 Å². The van der Waals surface area contributed by atoms with Crippen LogP contribution in [0.25, 0.3) is 0 Å². The largest absolute Gasteiger partial charge is 0.479 e. The molecule has 0 bridgehead atoms. The lowest BCUT2D eigenvalue weighted by Gasteiger charge is -2.08. The van der Waals surface area contributed by atoms with Gasteiger partial charge in [0.15, 0.2) is 6.10 Å². The van der Waals surface area contributed by atoms with Crippen LogP contribution in [0.1, 0.15) is 6.42 Å². The highest BCUT2D eigenvalue weighted by Crippen LogP contribution is 2.00. The minimum atomic E-state index is -1.73. The van der Waals surface area contributed by atoms with E-state index in [2.05, 4.69) is 0 Å². The molecular formula is C8H14O4S. The summed E-state index contributed by atoms with van der Waals surface area (Å²) in [6, 6.07) is 0. The fourth-order valence-corrected chi connectivity index (χ4v) is 1.04. The number of aliphatic carboxylic acids is 1. The van der Waals surface area contributed by atoms with E-state index < -0.39 is 18.2 Å². The average molecular weight is 206 g/mol. The van der Waals surface area contributed by atoms with Crippen molar-refractivity contribution in [1.29, 1.82) is 0 Å². The molecule has 4 nitrogen and oxygen atoms in total. The molecule has 0 rings (SSSR count). The third-order valence-electron chi connectivity index (χ3n) is 1.40. The van der Waals surface area contributed by atoms with Gasteiger partial charge in [-0.2, -0.15) is 11.8 Å². The molecule has 3 N–H and O–H groups in total. The molecule has 0 heterocycles. The summed E-state index contributed by atoms with van der Waals surface area (Å²) >= 11 is 1.66. The highest BCUT2D eigenvalue weighted by Gasteiger charge is 2.20. The van der Waals surface area contributed by atoms with E-state index in [1.54, 1.807) is 17.8 Å². The standard InChI is InChI=1S/C8H14O4S/c1-13-5-3-2-4-6(9)7(10)8(11)12/h2,4,6-7,9-10H,3,5H2,1H3,(H,11,12)/b4-2+/t6-,7-/m1/s1. The number of allylic oxidation sites excluding steroid dienone is 1. The molecule has 0 aromatic rings. The van der Waals surface area contributed by atoms with Crippen LogP contribution in [-0.2, 0) is 4.79 Å². The molecule has 0 saturated heterocycles. The zero-order chi connectivity index (χ0) is 10.3. The van der Waals surface area contributed by atoms with Crippen molar-refractivity contribution < 1.29 is 20.1 Å². The van der Waals surface area contributed by atoms with Crippen molar-refractivity contribution in [3.05, 3.63) is 12.2 Å². The van der Waals surface area contributed by atoms with Crippen molar-refractivity contribution in [3.63, 3.8) is 0 Å². The normalized spacial score (nSPS) is 15.9. The Morgan fingerprint density at radius 3 is 2.62 bits per heavy atom. The van der Waals surface area contributed by atoms with Gasteiger partial charge in [-0.1, -0.05) is 12.2 Å². The van der Waals surface area contributed by atoms with Crippen LogP contribution in [0.2, 0.25) is 0 Å². The average Bonchev–Trinajstić information content (AvgIpc) is 2.10. The second-order valence-corrected chi connectivity index (χ2v) is 3.47. The third kappa shape index (κ3) is 5.68. The van der Waals surface area contributed by atoms with E-state index in [0.29, 0.717) is 0 Å². The maximum absolute atomic E-state index is 10.2. The van der Waals surface area contributed by atoms with Crippen LogP contribution in [0.15, 0.2) is 12.2 Å².